The lowest BCUT2D eigenvalue weighted by atomic mass is 10.1. The SMILES string of the molecule is COC(Cc1cccc(C)c1[N+](=O)[O-])OC. The molecule has 1 rings (SSSR count). The molecule has 0 aliphatic heterocycles. The van der Waals surface area contributed by atoms with Gasteiger partial charge in [-0.2, -0.15) is 0 Å². The molecule has 0 spiro atoms. The van der Waals surface area contributed by atoms with Crippen molar-refractivity contribution in [3.63, 3.8) is 0 Å². The standard InChI is InChI=1S/C11H15NO4/c1-8-5-4-6-9(11(8)12(13)14)7-10(15-2)16-3/h4-6,10H,7H2,1-3H3. The average Bonchev–Trinajstić information content (AvgIpc) is 2.25. The number of para-hydroxylation sites is 1. The third-order valence-corrected chi connectivity index (χ3v) is 2.42. The molecule has 0 aliphatic carbocycles. The van der Waals surface area contributed by atoms with Gasteiger partial charge < -0.3 is 9.47 Å². The van der Waals surface area contributed by atoms with Gasteiger partial charge in [-0.3, -0.25) is 10.1 Å². The van der Waals surface area contributed by atoms with Crippen LogP contribution in [-0.2, 0) is 15.9 Å². The molecule has 0 heterocycles. The highest BCUT2D eigenvalue weighted by molar-refractivity contribution is 5.47. The molecule has 5 nitrogen and oxygen atoms in total. The lowest BCUT2D eigenvalue weighted by Crippen LogP contribution is -2.17. The number of hydrogen-bond acceptors (Lipinski definition) is 4. The third kappa shape index (κ3) is 2.77. The van der Waals surface area contributed by atoms with Gasteiger partial charge in [0.05, 0.1) is 4.92 Å². The van der Waals surface area contributed by atoms with E-state index in [0.29, 0.717) is 17.5 Å². The largest absolute Gasteiger partial charge is 0.356 e. The van der Waals surface area contributed by atoms with Gasteiger partial charge in [0.25, 0.3) is 5.69 Å². The zero-order chi connectivity index (χ0) is 12.1. The van der Waals surface area contributed by atoms with E-state index in [0.717, 1.165) is 0 Å². The van der Waals surface area contributed by atoms with Crippen molar-refractivity contribution in [2.45, 2.75) is 19.6 Å². The van der Waals surface area contributed by atoms with E-state index in [4.69, 9.17) is 9.47 Å². The summed E-state index contributed by atoms with van der Waals surface area (Å²) in [6.07, 6.45) is -0.0918. The van der Waals surface area contributed by atoms with Crippen molar-refractivity contribution in [1.29, 1.82) is 0 Å². The van der Waals surface area contributed by atoms with E-state index in [1.165, 1.54) is 14.2 Å². The lowest BCUT2D eigenvalue weighted by molar-refractivity contribution is -0.386. The minimum Gasteiger partial charge on any atom is -0.356 e. The first-order valence-electron chi connectivity index (χ1n) is 4.88. The number of rotatable bonds is 5. The van der Waals surface area contributed by atoms with Crippen molar-refractivity contribution < 1.29 is 14.4 Å². The summed E-state index contributed by atoms with van der Waals surface area (Å²) in [4.78, 5) is 10.6. The van der Waals surface area contributed by atoms with Crippen LogP contribution in [0.1, 0.15) is 11.1 Å². The fraction of sp³-hybridized carbons (Fsp3) is 0.455. The molecule has 0 radical (unpaired) electrons. The topological polar surface area (TPSA) is 61.6 Å². The van der Waals surface area contributed by atoms with Gasteiger partial charge in [-0.15, -0.1) is 0 Å². The van der Waals surface area contributed by atoms with Crippen LogP contribution in [0, 0.1) is 17.0 Å². The molecule has 0 atom stereocenters. The number of nitro benzene ring substituents is 1. The molecule has 0 saturated carbocycles. The summed E-state index contributed by atoms with van der Waals surface area (Å²) in [5.74, 6) is 0. The Labute approximate surface area is 94.1 Å². The highest BCUT2D eigenvalue weighted by atomic mass is 16.7. The molecule has 0 N–H and O–H groups in total. The highest BCUT2D eigenvalue weighted by Crippen LogP contribution is 2.24. The Bertz CT molecular complexity index is 374. The smallest absolute Gasteiger partial charge is 0.275 e. The molecule has 16 heavy (non-hydrogen) atoms. The molecule has 0 aromatic heterocycles. The van der Waals surface area contributed by atoms with E-state index in [1.807, 2.05) is 0 Å². The van der Waals surface area contributed by atoms with Gasteiger partial charge in [-0.05, 0) is 6.92 Å². The first kappa shape index (κ1) is 12.6. The lowest BCUT2D eigenvalue weighted by Gasteiger charge is -2.13. The Balaban J connectivity index is 3.03. The van der Waals surface area contributed by atoms with Crippen LogP contribution in [0.5, 0.6) is 0 Å². The van der Waals surface area contributed by atoms with Gasteiger partial charge >= 0.3 is 0 Å². The number of hydrogen-bond donors (Lipinski definition) is 0. The van der Waals surface area contributed by atoms with Crippen molar-refractivity contribution in [3.8, 4) is 0 Å². The van der Waals surface area contributed by atoms with Crippen LogP contribution in [0.4, 0.5) is 5.69 Å². The minimum absolute atomic E-state index is 0.140. The summed E-state index contributed by atoms with van der Waals surface area (Å²) in [6, 6.07) is 5.23. The maximum absolute atomic E-state index is 10.9. The first-order chi connectivity index (χ1) is 7.60. The second kappa shape index (κ2) is 5.58. The molecule has 0 aliphatic rings. The first-order valence-corrected chi connectivity index (χ1v) is 4.88. The monoisotopic (exact) mass is 225 g/mol. The number of nitro groups is 1. The fourth-order valence-electron chi connectivity index (χ4n) is 1.59. The Morgan fingerprint density at radius 2 is 2.00 bits per heavy atom. The quantitative estimate of drug-likeness (QED) is 0.437. The third-order valence-electron chi connectivity index (χ3n) is 2.42. The van der Waals surface area contributed by atoms with Crippen LogP contribution in [0.25, 0.3) is 0 Å². The number of methoxy groups -OCH3 is 2. The minimum atomic E-state index is -0.458. The number of ether oxygens (including phenoxy) is 2. The number of benzene rings is 1. The van der Waals surface area contributed by atoms with Crippen molar-refractivity contribution in [2.24, 2.45) is 0 Å². The summed E-state index contributed by atoms with van der Waals surface area (Å²) in [7, 11) is 3.02. The normalized spacial score (nSPS) is 10.8. The van der Waals surface area contributed by atoms with Crippen LogP contribution in [0.3, 0.4) is 0 Å². The van der Waals surface area contributed by atoms with Crippen LogP contribution >= 0.6 is 0 Å². The van der Waals surface area contributed by atoms with E-state index >= 15 is 0 Å². The summed E-state index contributed by atoms with van der Waals surface area (Å²) in [5, 5.41) is 10.9. The highest BCUT2D eigenvalue weighted by Gasteiger charge is 2.19. The van der Waals surface area contributed by atoms with Gasteiger partial charge in [0.15, 0.2) is 6.29 Å². The van der Waals surface area contributed by atoms with E-state index in [2.05, 4.69) is 0 Å². The molecule has 1 aromatic carbocycles. The summed E-state index contributed by atoms with van der Waals surface area (Å²) in [5.41, 5.74) is 1.41. The van der Waals surface area contributed by atoms with E-state index in [-0.39, 0.29) is 10.6 Å². The van der Waals surface area contributed by atoms with E-state index < -0.39 is 6.29 Å². The Kier molecular flexibility index (Phi) is 4.39. The summed E-state index contributed by atoms with van der Waals surface area (Å²) >= 11 is 0. The molecular weight excluding hydrogens is 210 g/mol. The zero-order valence-electron chi connectivity index (χ0n) is 9.60. The second-order valence-corrected chi connectivity index (χ2v) is 3.44. The Morgan fingerprint density at radius 1 is 1.38 bits per heavy atom. The second-order valence-electron chi connectivity index (χ2n) is 3.44. The van der Waals surface area contributed by atoms with Crippen LogP contribution in [-0.4, -0.2) is 25.4 Å². The molecule has 88 valence electrons. The van der Waals surface area contributed by atoms with Gasteiger partial charge in [-0.1, -0.05) is 18.2 Å². The van der Waals surface area contributed by atoms with Gasteiger partial charge in [-0.25, -0.2) is 0 Å². The predicted octanol–water partition coefficient (Wildman–Crippen LogP) is 2.06. The fourth-order valence-corrected chi connectivity index (χ4v) is 1.59. The van der Waals surface area contributed by atoms with E-state index in [9.17, 15) is 10.1 Å². The maximum atomic E-state index is 10.9. The van der Waals surface area contributed by atoms with Crippen molar-refractivity contribution in [1.82, 2.24) is 0 Å². The van der Waals surface area contributed by atoms with Crippen LogP contribution in [0.15, 0.2) is 18.2 Å². The van der Waals surface area contributed by atoms with Gasteiger partial charge in [0, 0.05) is 31.8 Å². The average molecular weight is 225 g/mol. The molecule has 0 fully saturated rings. The molecule has 5 heteroatoms. The molecule has 0 amide bonds. The Hall–Kier alpha value is -1.46. The van der Waals surface area contributed by atoms with Crippen LogP contribution in [0.2, 0.25) is 0 Å². The van der Waals surface area contributed by atoms with Gasteiger partial charge in [0.1, 0.15) is 0 Å². The van der Waals surface area contributed by atoms with Gasteiger partial charge in [0.2, 0.25) is 0 Å². The molecule has 0 saturated heterocycles. The summed E-state index contributed by atoms with van der Waals surface area (Å²) < 4.78 is 10.1. The zero-order valence-corrected chi connectivity index (χ0v) is 9.60. The van der Waals surface area contributed by atoms with Crippen molar-refractivity contribution in [2.75, 3.05) is 14.2 Å². The predicted molar refractivity (Wildman–Crippen MR) is 59.3 cm³/mol. The molecule has 0 bridgehead atoms. The number of aryl methyl sites for hydroxylation is 1. The summed E-state index contributed by atoms with van der Waals surface area (Å²) in [6.45, 7) is 1.72. The number of nitrogens with zero attached hydrogens (tertiary/aromatic N) is 1. The Morgan fingerprint density at radius 3 is 2.50 bits per heavy atom. The van der Waals surface area contributed by atoms with Crippen molar-refractivity contribution in [3.05, 3.63) is 39.4 Å². The molecule has 0 unspecified atom stereocenters. The molecule has 1 aromatic rings. The maximum Gasteiger partial charge on any atom is 0.275 e. The van der Waals surface area contributed by atoms with Crippen LogP contribution < -0.4 is 0 Å². The van der Waals surface area contributed by atoms with E-state index in [1.54, 1.807) is 25.1 Å². The van der Waals surface area contributed by atoms with Crippen molar-refractivity contribution >= 4 is 5.69 Å². The molecular formula is C11H15NO4.